The third-order valence-electron chi connectivity index (χ3n) is 7.83. The monoisotopic (exact) mass is 544 g/mol. The second-order valence-corrected chi connectivity index (χ2v) is 10.3. The van der Waals surface area contributed by atoms with E-state index in [9.17, 15) is 9.59 Å². The Kier molecular flexibility index (Phi) is 7.30. The fraction of sp³-hybridized carbons (Fsp3) is 0.200. The van der Waals surface area contributed by atoms with Crippen molar-refractivity contribution >= 4 is 23.1 Å². The van der Waals surface area contributed by atoms with Gasteiger partial charge >= 0.3 is 0 Å². The number of benzene rings is 4. The maximum atomic E-state index is 14.4. The van der Waals surface area contributed by atoms with Crippen LogP contribution in [0.25, 0.3) is 0 Å². The highest BCUT2D eigenvalue weighted by Gasteiger charge is 2.42. The quantitative estimate of drug-likeness (QED) is 0.276. The van der Waals surface area contributed by atoms with Gasteiger partial charge in [-0.1, -0.05) is 60.7 Å². The van der Waals surface area contributed by atoms with Gasteiger partial charge in [0.15, 0.2) is 5.78 Å². The molecule has 0 aromatic heterocycles. The Morgan fingerprint density at radius 3 is 2.34 bits per heavy atom. The van der Waals surface area contributed by atoms with Crippen molar-refractivity contribution in [3.05, 3.63) is 131 Å². The minimum Gasteiger partial charge on any atom is -0.497 e. The van der Waals surface area contributed by atoms with Gasteiger partial charge in [-0.25, -0.2) is 0 Å². The van der Waals surface area contributed by atoms with Crippen LogP contribution in [0, 0.1) is 0 Å². The first kappa shape index (κ1) is 26.4. The van der Waals surface area contributed by atoms with E-state index in [4.69, 9.17) is 9.47 Å². The van der Waals surface area contributed by atoms with Gasteiger partial charge in [0.05, 0.1) is 31.1 Å². The standard InChI is InChI=1S/C35H32N2O4/c1-3-41-32-16-10-7-13-27(32)34-33-29(21-25(22-31(33)38)23-17-19-26(40-2)20-18-23)36-28-14-8-9-15-30(28)37(34)35(39)24-11-5-4-6-12-24/h4-20,25,34,36H,3,21-22H2,1-2H3. The van der Waals surface area contributed by atoms with Crippen molar-refractivity contribution in [1.29, 1.82) is 0 Å². The maximum Gasteiger partial charge on any atom is 0.259 e. The van der Waals surface area contributed by atoms with Gasteiger partial charge in [-0.3, -0.25) is 14.5 Å². The molecule has 1 aliphatic carbocycles. The molecule has 0 fully saturated rings. The number of fused-ring (bicyclic) bond motifs is 1. The smallest absolute Gasteiger partial charge is 0.259 e. The molecular weight excluding hydrogens is 512 g/mol. The minimum atomic E-state index is -0.680. The number of allylic oxidation sites excluding steroid dienone is 1. The number of para-hydroxylation sites is 3. The van der Waals surface area contributed by atoms with Crippen LogP contribution < -0.4 is 19.7 Å². The second-order valence-electron chi connectivity index (χ2n) is 10.3. The van der Waals surface area contributed by atoms with Gasteiger partial charge in [-0.15, -0.1) is 0 Å². The number of nitrogens with one attached hydrogen (secondary N) is 1. The summed E-state index contributed by atoms with van der Waals surface area (Å²) >= 11 is 0. The molecule has 1 aliphatic heterocycles. The molecule has 0 spiro atoms. The Labute approximate surface area is 240 Å². The molecule has 206 valence electrons. The lowest BCUT2D eigenvalue weighted by Gasteiger charge is -2.35. The zero-order chi connectivity index (χ0) is 28.3. The third kappa shape index (κ3) is 4.97. The van der Waals surface area contributed by atoms with E-state index < -0.39 is 6.04 Å². The first-order valence-corrected chi connectivity index (χ1v) is 14.0. The summed E-state index contributed by atoms with van der Waals surface area (Å²) in [6, 6.07) is 31.9. The van der Waals surface area contributed by atoms with Gasteiger partial charge in [0.1, 0.15) is 11.5 Å². The number of hydrogen-bond donors (Lipinski definition) is 1. The molecule has 1 amide bonds. The average molecular weight is 545 g/mol. The van der Waals surface area contributed by atoms with Crippen molar-refractivity contribution in [2.75, 3.05) is 23.9 Å². The van der Waals surface area contributed by atoms with Crippen molar-refractivity contribution < 1.29 is 19.1 Å². The van der Waals surface area contributed by atoms with Crippen molar-refractivity contribution in [1.82, 2.24) is 0 Å². The molecule has 0 radical (unpaired) electrons. The number of carbonyl (C=O) groups is 2. The van der Waals surface area contributed by atoms with E-state index in [1.54, 1.807) is 12.0 Å². The molecule has 4 aromatic carbocycles. The largest absolute Gasteiger partial charge is 0.497 e. The summed E-state index contributed by atoms with van der Waals surface area (Å²) in [5.41, 5.74) is 5.32. The zero-order valence-electron chi connectivity index (χ0n) is 23.2. The van der Waals surface area contributed by atoms with Crippen molar-refractivity contribution in [2.24, 2.45) is 0 Å². The lowest BCUT2D eigenvalue weighted by molar-refractivity contribution is -0.116. The maximum absolute atomic E-state index is 14.4. The Bertz CT molecular complexity index is 1610. The minimum absolute atomic E-state index is 0.00835. The number of methoxy groups -OCH3 is 1. The van der Waals surface area contributed by atoms with Crippen LogP contribution in [0.1, 0.15) is 53.2 Å². The molecule has 1 N–H and O–H groups in total. The third-order valence-corrected chi connectivity index (χ3v) is 7.83. The summed E-state index contributed by atoms with van der Waals surface area (Å²) in [5, 5.41) is 3.60. The number of rotatable bonds is 6. The molecule has 0 bridgehead atoms. The number of amides is 1. The number of anilines is 2. The molecule has 6 heteroatoms. The highest BCUT2D eigenvalue weighted by Crippen LogP contribution is 2.49. The number of hydrogen-bond acceptors (Lipinski definition) is 5. The molecule has 0 saturated carbocycles. The van der Waals surface area contributed by atoms with Gasteiger partial charge in [-0.05, 0) is 67.3 Å². The average Bonchev–Trinajstić information content (AvgIpc) is 3.16. The zero-order valence-corrected chi connectivity index (χ0v) is 23.2. The fourth-order valence-corrected chi connectivity index (χ4v) is 5.93. The predicted molar refractivity (Wildman–Crippen MR) is 161 cm³/mol. The van der Waals surface area contributed by atoms with Gasteiger partial charge < -0.3 is 14.8 Å². The number of Topliss-reactive ketones (excluding diaryl/α,β-unsaturated/α-hetero) is 1. The molecule has 2 aliphatic rings. The molecule has 2 unspecified atom stereocenters. The number of carbonyl (C=O) groups excluding carboxylic acids is 2. The van der Waals surface area contributed by atoms with E-state index in [0.29, 0.717) is 42.0 Å². The SMILES string of the molecule is CCOc1ccccc1C1C2=C(CC(c3ccc(OC)cc3)CC2=O)Nc2ccccc2N1C(=O)c1ccccc1. The van der Waals surface area contributed by atoms with Crippen LogP contribution in [0.3, 0.4) is 0 Å². The lowest BCUT2D eigenvalue weighted by Crippen LogP contribution is -2.38. The highest BCUT2D eigenvalue weighted by atomic mass is 16.5. The number of ketones is 1. The molecule has 6 nitrogen and oxygen atoms in total. The van der Waals surface area contributed by atoms with Crippen molar-refractivity contribution in [3.8, 4) is 11.5 Å². The Balaban J connectivity index is 1.56. The topological polar surface area (TPSA) is 67.9 Å². The normalized spacial score (nSPS) is 18.1. The summed E-state index contributed by atoms with van der Waals surface area (Å²) < 4.78 is 11.4. The van der Waals surface area contributed by atoms with Crippen LogP contribution in [0.5, 0.6) is 11.5 Å². The first-order chi connectivity index (χ1) is 20.1. The van der Waals surface area contributed by atoms with Gasteiger partial charge in [0, 0.05) is 28.8 Å². The van der Waals surface area contributed by atoms with E-state index in [0.717, 1.165) is 28.3 Å². The van der Waals surface area contributed by atoms with E-state index in [-0.39, 0.29) is 17.6 Å². The molecule has 4 aromatic rings. The van der Waals surface area contributed by atoms with Crippen LogP contribution in [0.2, 0.25) is 0 Å². The molecule has 2 atom stereocenters. The van der Waals surface area contributed by atoms with E-state index in [2.05, 4.69) is 5.32 Å². The van der Waals surface area contributed by atoms with E-state index in [1.165, 1.54) is 0 Å². The Morgan fingerprint density at radius 2 is 1.59 bits per heavy atom. The van der Waals surface area contributed by atoms with Crippen LogP contribution >= 0.6 is 0 Å². The number of nitrogens with zero attached hydrogens (tertiary/aromatic N) is 1. The summed E-state index contributed by atoms with van der Waals surface area (Å²) in [4.78, 5) is 30.5. The van der Waals surface area contributed by atoms with E-state index >= 15 is 0 Å². The van der Waals surface area contributed by atoms with Crippen LogP contribution in [0.15, 0.2) is 114 Å². The Morgan fingerprint density at radius 1 is 0.878 bits per heavy atom. The molecule has 0 saturated heterocycles. The van der Waals surface area contributed by atoms with Crippen molar-refractivity contribution in [3.63, 3.8) is 0 Å². The second kappa shape index (κ2) is 11.3. The van der Waals surface area contributed by atoms with Crippen LogP contribution in [-0.2, 0) is 4.79 Å². The van der Waals surface area contributed by atoms with Gasteiger partial charge in [-0.2, -0.15) is 0 Å². The van der Waals surface area contributed by atoms with Crippen molar-refractivity contribution in [2.45, 2.75) is 31.7 Å². The highest BCUT2D eigenvalue weighted by molar-refractivity contribution is 6.12. The van der Waals surface area contributed by atoms with E-state index in [1.807, 2.05) is 110 Å². The Hall–Kier alpha value is -4.84. The fourth-order valence-electron chi connectivity index (χ4n) is 5.93. The summed E-state index contributed by atoms with van der Waals surface area (Å²) in [7, 11) is 1.64. The van der Waals surface area contributed by atoms with Crippen LogP contribution in [0.4, 0.5) is 11.4 Å². The molecule has 1 heterocycles. The first-order valence-electron chi connectivity index (χ1n) is 14.0. The summed E-state index contributed by atoms with van der Waals surface area (Å²) in [6.45, 7) is 2.40. The molecular formula is C35H32N2O4. The van der Waals surface area contributed by atoms with Gasteiger partial charge in [0.25, 0.3) is 5.91 Å². The van der Waals surface area contributed by atoms with Crippen LogP contribution in [-0.4, -0.2) is 25.4 Å². The molecule has 6 rings (SSSR count). The lowest BCUT2D eigenvalue weighted by atomic mass is 9.78. The predicted octanol–water partition coefficient (Wildman–Crippen LogP) is 7.31. The molecule has 41 heavy (non-hydrogen) atoms. The van der Waals surface area contributed by atoms with Gasteiger partial charge in [0.2, 0.25) is 0 Å². The summed E-state index contributed by atoms with van der Waals surface area (Å²) in [6.07, 6.45) is 0.965. The summed E-state index contributed by atoms with van der Waals surface area (Å²) in [5.74, 6) is 1.25. The number of ether oxygens (including phenoxy) is 2.